The predicted octanol–water partition coefficient (Wildman–Crippen LogP) is 3.96. The lowest BCUT2D eigenvalue weighted by atomic mass is 10.0. The van der Waals surface area contributed by atoms with Crippen LogP contribution >= 0.6 is 0 Å². The molecule has 0 saturated carbocycles. The monoisotopic (exact) mass is 264 g/mol. The van der Waals surface area contributed by atoms with Gasteiger partial charge in [0.15, 0.2) is 6.29 Å². The molecule has 0 N–H and O–H groups in total. The maximum absolute atomic E-state index is 11.5. The summed E-state index contributed by atoms with van der Waals surface area (Å²) in [5, 5.41) is 0. The minimum absolute atomic E-state index is 0.356. The van der Waals surface area contributed by atoms with Crippen LogP contribution in [0.2, 0.25) is 0 Å². The number of hydrogen-bond acceptors (Lipinski definition) is 2. The molecule has 2 aromatic rings. The molecule has 20 heavy (non-hydrogen) atoms. The van der Waals surface area contributed by atoms with Gasteiger partial charge in [-0.05, 0) is 5.56 Å². The second kappa shape index (κ2) is 7.10. The number of carbonyl (C=O) groups excluding carboxylic acids is 1. The molecule has 0 aliphatic carbocycles. The molecule has 0 unspecified atom stereocenters. The van der Waals surface area contributed by atoms with Crippen molar-refractivity contribution in [1.29, 1.82) is 0 Å². The fourth-order valence-corrected chi connectivity index (χ4v) is 1.92. The quantitative estimate of drug-likeness (QED) is 0.259. The van der Waals surface area contributed by atoms with Gasteiger partial charge in [-0.2, -0.15) is 0 Å². The van der Waals surface area contributed by atoms with Gasteiger partial charge < -0.3 is 4.74 Å². The highest BCUT2D eigenvalue weighted by Gasteiger charge is 2.12. The maximum Gasteiger partial charge on any atom is 0.154 e. The summed E-state index contributed by atoms with van der Waals surface area (Å²) < 4.78 is 5.72. The van der Waals surface area contributed by atoms with Crippen LogP contribution in [0.1, 0.15) is 11.1 Å². The Balaban J connectivity index is 2.54. The first-order chi connectivity index (χ1) is 9.86. The molecule has 0 radical (unpaired) electrons. The molecule has 0 bridgehead atoms. The third-order valence-corrected chi connectivity index (χ3v) is 2.83. The minimum Gasteiger partial charge on any atom is -0.488 e. The fraction of sp³-hybridized carbons (Fsp3) is 0.0556. The first-order valence-corrected chi connectivity index (χ1v) is 6.41. The van der Waals surface area contributed by atoms with Gasteiger partial charge in [-0.25, -0.2) is 0 Å². The largest absolute Gasteiger partial charge is 0.488 e. The molecule has 2 aromatic carbocycles. The average molecular weight is 264 g/mol. The van der Waals surface area contributed by atoms with Gasteiger partial charge in [0.25, 0.3) is 0 Å². The van der Waals surface area contributed by atoms with E-state index in [4.69, 9.17) is 4.74 Å². The van der Waals surface area contributed by atoms with Crippen molar-refractivity contribution in [3.8, 4) is 0 Å². The van der Waals surface area contributed by atoms with Crippen molar-refractivity contribution in [2.75, 3.05) is 6.61 Å². The standard InChI is InChI=1S/C18H16O2/c1-2-13-20-18(16-11-7-4-8-12-16)17(14-19)15-9-5-3-6-10-15/h2-12,14H,1,13H2/b18-17+. The Kier molecular flexibility index (Phi) is 4.90. The van der Waals surface area contributed by atoms with Crippen LogP contribution in [0.4, 0.5) is 0 Å². The van der Waals surface area contributed by atoms with Crippen molar-refractivity contribution in [3.63, 3.8) is 0 Å². The molecule has 0 spiro atoms. The van der Waals surface area contributed by atoms with E-state index >= 15 is 0 Å². The smallest absolute Gasteiger partial charge is 0.154 e. The summed E-state index contributed by atoms with van der Waals surface area (Å²) in [5.74, 6) is 0.576. The fourth-order valence-electron chi connectivity index (χ4n) is 1.92. The van der Waals surface area contributed by atoms with E-state index in [2.05, 4.69) is 6.58 Å². The van der Waals surface area contributed by atoms with Gasteiger partial charge in [0, 0.05) is 5.56 Å². The van der Waals surface area contributed by atoms with Crippen molar-refractivity contribution in [3.05, 3.63) is 84.4 Å². The summed E-state index contributed by atoms with van der Waals surface area (Å²) in [6, 6.07) is 19.1. The molecule has 0 aliphatic heterocycles. The lowest BCUT2D eigenvalue weighted by Gasteiger charge is -2.13. The van der Waals surface area contributed by atoms with Crippen LogP contribution in [0.25, 0.3) is 11.3 Å². The van der Waals surface area contributed by atoms with Gasteiger partial charge in [-0.15, -0.1) is 0 Å². The van der Waals surface area contributed by atoms with E-state index in [1.807, 2.05) is 60.7 Å². The van der Waals surface area contributed by atoms with E-state index in [1.54, 1.807) is 6.08 Å². The minimum atomic E-state index is 0.356. The van der Waals surface area contributed by atoms with Gasteiger partial charge in [0.1, 0.15) is 12.4 Å². The molecule has 0 saturated heterocycles. The van der Waals surface area contributed by atoms with Crippen LogP contribution in [0.3, 0.4) is 0 Å². The molecule has 2 nitrogen and oxygen atoms in total. The van der Waals surface area contributed by atoms with Crippen LogP contribution in [0, 0.1) is 0 Å². The topological polar surface area (TPSA) is 26.3 Å². The number of carbonyl (C=O) groups is 1. The molecule has 0 aliphatic rings. The SMILES string of the molecule is C=CCO/C(=C(\C=O)c1ccccc1)c1ccccc1. The zero-order chi connectivity index (χ0) is 14.2. The van der Waals surface area contributed by atoms with Crippen LogP contribution in [-0.2, 0) is 9.53 Å². The zero-order valence-electron chi connectivity index (χ0n) is 11.2. The van der Waals surface area contributed by atoms with Gasteiger partial charge in [-0.1, -0.05) is 73.3 Å². The molecule has 100 valence electrons. The number of rotatable bonds is 6. The molecule has 0 atom stereocenters. The molecular weight excluding hydrogens is 248 g/mol. The summed E-state index contributed by atoms with van der Waals surface area (Å²) in [7, 11) is 0. The zero-order valence-corrected chi connectivity index (χ0v) is 11.2. The highest BCUT2D eigenvalue weighted by atomic mass is 16.5. The second-order valence-corrected chi connectivity index (χ2v) is 4.19. The Morgan fingerprint density at radius 1 is 0.950 bits per heavy atom. The normalized spacial score (nSPS) is 11.4. The number of aldehydes is 1. The maximum atomic E-state index is 11.5. The van der Waals surface area contributed by atoms with Crippen LogP contribution < -0.4 is 0 Å². The Bertz CT molecular complexity index is 598. The third kappa shape index (κ3) is 3.23. The van der Waals surface area contributed by atoms with Crippen LogP contribution in [0.5, 0.6) is 0 Å². The molecule has 0 amide bonds. The highest BCUT2D eigenvalue weighted by molar-refractivity contribution is 6.15. The van der Waals surface area contributed by atoms with Crippen molar-refractivity contribution in [2.24, 2.45) is 0 Å². The molecular formula is C18H16O2. The van der Waals surface area contributed by atoms with Crippen LogP contribution in [0.15, 0.2) is 73.3 Å². The lowest BCUT2D eigenvalue weighted by Crippen LogP contribution is -1.99. The molecule has 2 heteroatoms. The Hall–Kier alpha value is -2.61. The summed E-state index contributed by atoms with van der Waals surface area (Å²) in [5.41, 5.74) is 2.25. The third-order valence-electron chi connectivity index (χ3n) is 2.83. The Labute approximate surface area is 119 Å². The van der Waals surface area contributed by atoms with E-state index in [-0.39, 0.29) is 0 Å². The summed E-state index contributed by atoms with van der Waals surface area (Å²) in [6.07, 6.45) is 2.50. The predicted molar refractivity (Wildman–Crippen MR) is 81.9 cm³/mol. The van der Waals surface area contributed by atoms with E-state index < -0.39 is 0 Å². The van der Waals surface area contributed by atoms with E-state index in [0.717, 1.165) is 17.4 Å². The lowest BCUT2D eigenvalue weighted by molar-refractivity contribution is -0.103. The number of hydrogen-bond donors (Lipinski definition) is 0. The summed E-state index contributed by atoms with van der Waals surface area (Å²) in [4.78, 5) is 11.5. The summed E-state index contributed by atoms with van der Waals surface area (Å²) in [6.45, 7) is 4.00. The van der Waals surface area contributed by atoms with E-state index in [0.29, 0.717) is 17.9 Å². The molecule has 2 rings (SSSR count). The van der Waals surface area contributed by atoms with E-state index in [1.165, 1.54) is 0 Å². The number of ether oxygens (including phenoxy) is 1. The highest BCUT2D eigenvalue weighted by Crippen LogP contribution is 2.26. The van der Waals surface area contributed by atoms with Crippen molar-refractivity contribution in [2.45, 2.75) is 0 Å². The summed E-state index contributed by atoms with van der Waals surface area (Å²) >= 11 is 0. The van der Waals surface area contributed by atoms with Crippen molar-refractivity contribution in [1.82, 2.24) is 0 Å². The van der Waals surface area contributed by atoms with Crippen molar-refractivity contribution < 1.29 is 9.53 Å². The molecule has 0 fully saturated rings. The van der Waals surface area contributed by atoms with Crippen LogP contribution in [-0.4, -0.2) is 12.9 Å². The van der Waals surface area contributed by atoms with Gasteiger partial charge >= 0.3 is 0 Å². The Morgan fingerprint density at radius 3 is 2.00 bits per heavy atom. The van der Waals surface area contributed by atoms with Gasteiger partial charge in [-0.3, -0.25) is 4.79 Å². The average Bonchev–Trinajstić information content (AvgIpc) is 2.53. The van der Waals surface area contributed by atoms with Gasteiger partial charge in [0.05, 0.1) is 5.57 Å². The second-order valence-electron chi connectivity index (χ2n) is 4.19. The van der Waals surface area contributed by atoms with Crippen molar-refractivity contribution >= 4 is 17.6 Å². The first kappa shape index (κ1) is 13.8. The number of benzene rings is 2. The number of allylic oxidation sites excluding steroid dienone is 1. The van der Waals surface area contributed by atoms with E-state index in [9.17, 15) is 4.79 Å². The molecule has 0 heterocycles. The molecule has 0 aromatic heterocycles. The first-order valence-electron chi connectivity index (χ1n) is 6.41. The Morgan fingerprint density at radius 2 is 1.50 bits per heavy atom. The van der Waals surface area contributed by atoms with Gasteiger partial charge in [0.2, 0.25) is 0 Å².